The van der Waals surface area contributed by atoms with Crippen LogP contribution in [-0.4, -0.2) is 23.4 Å². The first kappa shape index (κ1) is 11.9. The monoisotopic (exact) mass is 296 g/mol. The van der Waals surface area contributed by atoms with E-state index in [4.69, 9.17) is 0 Å². The molecule has 1 aromatic carbocycles. The summed E-state index contributed by atoms with van der Waals surface area (Å²) in [5.41, 5.74) is 2.63. The minimum atomic E-state index is -3.63. The van der Waals surface area contributed by atoms with Gasteiger partial charge in [-0.25, -0.2) is 13.2 Å². The molecule has 7 nitrogen and oxygen atoms in total. The second-order valence-electron chi connectivity index (χ2n) is 3.77. The van der Waals surface area contributed by atoms with Gasteiger partial charge in [0, 0.05) is 0 Å². The summed E-state index contributed by atoms with van der Waals surface area (Å²) in [5, 5.41) is 0. The Morgan fingerprint density at radius 1 is 1.21 bits per heavy atom. The molecule has 3 N–H and O–H groups in total. The second-order valence-corrected chi connectivity index (χ2v) is 6.56. The van der Waals surface area contributed by atoms with Gasteiger partial charge >= 0.3 is 5.69 Å². The molecule has 2 aromatic heterocycles. The van der Waals surface area contributed by atoms with Gasteiger partial charge in [-0.05, 0) is 18.2 Å². The smallest absolute Gasteiger partial charge is 0.306 e. The summed E-state index contributed by atoms with van der Waals surface area (Å²) in [4.78, 5) is 20.0. The molecule has 19 heavy (non-hydrogen) atoms. The number of nitrogens with one attached hydrogen (secondary N) is 3. The molecule has 3 rings (SSSR count). The number of aromatic nitrogens is 3. The molecule has 0 atom stereocenters. The molecular weight excluding hydrogens is 288 g/mol. The highest BCUT2D eigenvalue weighted by Crippen LogP contribution is 2.20. The fourth-order valence-corrected chi connectivity index (χ4v) is 3.48. The van der Waals surface area contributed by atoms with Crippen LogP contribution in [0.25, 0.3) is 11.0 Å². The maximum absolute atomic E-state index is 12.0. The fourth-order valence-electron chi connectivity index (χ4n) is 1.64. The van der Waals surface area contributed by atoms with Crippen LogP contribution in [0.1, 0.15) is 0 Å². The standard InChI is InChI=1S/C10H8N4O3S2/c15-10-12-7-2-1-6(3-8(7)13-10)14-19(16,17)9-4-11-5-18-9/h1-5,14H,(H2,12,13,15). The van der Waals surface area contributed by atoms with Crippen LogP contribution in [0.3, 0.4) is 0 Å². The Morgan fingerprint density at radius 2 is 2.00 bits per heavy atom. The summed E-state index contributed by atoms with van der Waals surface area (Å²) >= 11 is 1.03. The van der Waals surface area contributed by atoms with E-state index in [1.54, 1.807) is 18.2 Å². The topological polar surface area (TPSA) is 108 Å². The lowest BCUT2D eigenvalue weighted by atomic mass is 10.3. The minimum absolute atomic E-state index is 0.134. The van der Waals surface area contributed by atoms with Crippen LogP contribution in [0.15, 0.2) is 38.9 Å². The van der Waals surface area contributed by atoms with Crippen molar-refractivity contribution in [3.63, 3.8) is 0 Å². The molecule has 0 saturated heterocycles. The molecule has 0 aliphatic carbocycles. The summed E-state index contributed by atoms with van der Waals surface area (Å²) < 4.78 is 26.5. The number of benzene rings is 1. The summed E-state index contributed by atoms with van der Waals surface area (Å²) in [6.45, 7) is 0. The van der Waals surface area contributed by atoms with Gasteiger partial charge in [0.15, 0.2) is 4.21 Å². The van der Waals surface area contributed by atoms with E-state index in [0.717, 1.165) is 11.3 Å². The highest BCUT2D eigenvalue weighted by molar-refractivity contribution is 7.94. The van der Waals surface area contributed by atoms with Crippen LogP contribution in [-0.2, 0) is 10.0 Å². The van der Waals surface area contributed by atoms with Gasteiger partial charge in [-0.1, -0.05) is 0 Å². The van der Waals surface area contributed by atoms with Crippen molar-refractivity contribution in [3.05, 3.63) is 40.4 Å². The van der Waals surface area contributed by atoms with E-state index < -0.39 is 10.0 Å². The fraction of sp³-hybridized carbons (Fsp3) is 0. The Labute approximate surface area is 111 Å². The van der Waals surface area contributed by atoms with Gasteiger partial charge in [-0.2, -0.15) is 0 Å². The van der Waals surface area contributed by atoms with Crippen molar-refractivity contribution >= 4 is 38.1 Å². The van der Waals surface area contributed by atoms with Crippen molar-refractivity contribution in [1.29, 1.82) is 0 Å². The lowest BCUT2D eigenvalue weighted by molar-refractivity contribution is 0.603. The number of rotatable bonds is 3. The van der Waals surface area contributed by atoms with E-state index in [1.807, 2.05) is 0 Å². The van der Waals surface area contributed by atoms with Crippen LogP contribution >= 0.6 is 11.3 Å². The zero-order valence-electron chi connectivity index (χ0n) is 9.38. The number of hydrogen-bond donors (Lipinski definition) is 3. The summed E-state index contributed by atoms with van der Waals surface area (Å²) in [6, 6.07) is 4.74. The summed E-state index contributed by atoms with van der Waals surface area (Å²) in [6.07, 6.45) is 1.28. The van der Waals surface area contributed by atoms with Crippen LogP contribution < -0.4 is 10.4 Å². The molecule has 0 radical (unpaired) electrons. The first-order valence-electron chi connectivity index (χ1n) is 5.18. The Morgan fingerprint density at radius 3 is 2.74 bits per heavy atom. The molecule has 3 aromatic rings. The van der Waals surface area contributed by atoms with Gasteiger partial charge in [0.2, 0.25) is 0 Å². The molecule has 0 bridgehead atoms. The molecule has 9 heteroatoms. The van der Waals surface area contributed by atoms with E-state index in [0.29, 0.717) is 16.7 Å². The van der Waals surface area contributed by atoms with Crippen molar-refractivity contribution < 1.29 is 8.42 Å². The molecule has 0 fully saturated rings. The van der Waals surface area contributed by atoms with E-state index in [2.05, 4.69) is 19.7 Å². The number of anilines is 1. The number of hydrogen-bond acceptors (Lipinski definition) is 5. The molecule has 0 aliphatic heterocycles. The Bertz CT molecular complexity index is 877. The van der Waals surface area contributed by atoms with Crippen LogP contribution in [0.2, 0.25) is 0 Å². The molecule has 2 heterocycles. The van der Waals surface area contributed by atoms with Crippen molar-refractivity contribution in [2.75, 3.05) is 4.72 Å². The highest BCUT2D eigenvalue weighted by atomic mass is 32.2. The number of sulfonamides is 1. The van der Waals surface area contributed by atoms with Crippen molar-refractivity contribution in [1.82, 2.24) is 15.0 Å². The quantitative estimate of drug-likeness (QED) is 0.673. The predicted molar refractivity (Wildman–Crippen MR) is 71.8 cm³/mol. The summed E-state index contributed by atoms with van der Waals surface area (Å²) in [7, 11) is -3.63. The third-order valence-electron chi connectivity index (χ3n) is 2.44. The SMILES string of the molecule is O=c1[nH]c2ccc(NS(=O)(=O)c3cncs3)cc2[nH]1. The van der Waals surface area contributed by atoms with Crippen LogP contribution in [0.5, 0.6) is 0 Å². The number of imidazole rings is 1. The maximum Gasteiger partial charge on any atom is 0.323 e. The first-order chi connectivity index (χ1) is 9.04. The third kappa shape index (κ3) is 2.25. The maximum atomic E-state index is 12.0. The molecule has 98 valence electrons. The molecule has 0 amide bonds. The zero-order valence-corrected chi connectivity index (χ0v) is 11.0. The van der Waals surface area contributed by atoms with Crippen molar-refractivity contribution in [2.24, 2.45) is 0 Å². The van der Waals surface area contributed by atoms with E-state index >= 15 is 0 Å². The third-order valence-corrected chi connectivity index (χ3v) is 5.09. The number of thiazole rings is 1. The lowest BCUT2D eigenvalue weighted by Crippen LogP contribution is -2.11. The highest BCUT2D eigenvalue weighted by Gasteiger charge is 2.16. The average Bonchev–Trinajstić information content (AvgIpc) is 2.95. The summed E-state index contributed by atoms with van der Waals surface area (Å²) in [5.74, 6) is 0. The Hall–Kier alpha value is -2.13. The molecule has 0 spiro atoms. The van der Waals surface area contributed by atoms with Crippen molar-refractivity contribution in [3.8, 4) is 0 Å². The van der Waals surface area contributed by atoms with Crippen LogP contribution in [0, 0.1) is 0 Å². The van der Waals surface area contributed by atoms with Crippen LogP contribution in [0.4, 0.5) is 5.69 Å². The second kappa shape index (κ2) is 4.21. The van der Waals surface area contributed by atoms with E-state index in [-0.39, 0.29) is 9.90 Å². The number of H-pyrrole nitrogens is 2. The van der Waals surface area contributed by atoms with Gasteiger partial charge < -0.3 is 9.97 Å². The number of aromatic amines is 2. The van der Waals surface area contributed by atoms with E-state index in [1.165, 1.54) is 11.7 Å². The van der Waals surface area contributed by atoms with Gasteiger partial charge in [0.05, 0.1) is 28.4 Å². The number of nitrogens with zero attached hydrogens (tertiary/aromatic N) is 1. The van der Waals surface area contributed by atoms with Crippen molar-refractivity contribution in [2.45, 2.75) is 4.21 Å². The molecule has 0 aliphatic rings. The van der Waals surface area contributed by atoms with Gasteiger partial charge in [0.1, 0.15) is 0 Å². The van der Waals surface area contributed by atoms with Gasteiger partial charge in [-0.15, -0.1) is 11.3 Å². The average molecular weight is 296 g/mol. The predicted octanol–water partition coefficient (Wildman–Crippen LogP) is 1.11. The molecule has 0 saturated carbocycles. The Balaban J connectivity index is 1.99. The first-order valence-corrected chi connectivity index (χ1v) is 7.54. The molecule has 0 unspecified atom stereocenters. The number of fused-ring (bicyclic) bond motifs is 1. The Kier molecular flexibility index (Phi) is 2.64. The normalized spacial score (nSPS) is 11.8. The molecular formula is C10H8N4O3S2. The lowest BCUT2D eigenvalue weighted by Gasteiger charge is -2.05. The van der Waals surface area contributed by atoms with Gasteiger partial charge in [-0.3, -0.25) is 9.71 Å². The van der Waals surface area contributed by atoms with Gasteiger partial charge in [0.25, 0.3) is 10.0 Å². The minimum Gasteiger partial charge on any atom is -0.306 e. The zero-order chi connectivity index (χ0) is 13.5. The largest absolute Gasteiger partial charge is 0.323 e. The van der Waals surface area contributed by atoms with E-state index in [9.17, 15) is 13.2 Å².